The molecule has 7 nitrogen and oxygen atoms in total. The Morgan fingerprint density at radius 1 is 0.964 bits per heavy atom. The number of benzene rings is 2. The van der Waals surface area contributed by atoms with E-state index in [0.29, 0.717) is 30.8 Å². The van der Waals surface area contributed by atoms with E-state index in [1.807, 2.05) is 30.3 Å². The van der Waals surface area contributed by atoms with Crippen LogP contribution in [0.5, 0.6) is 0 Å². The van der Waals surface area contributed by atoms with Crippen molar-refractivity contribution in [2.24, 2.45) is 5.92 Å². The lowest BCUT2D eigenvalue weighted by molar-refractivity contribution is -0.121. The minimum Gasteiger partial charge on any atom is -0.355 e. The Bertz CT molecular complexity index is 854. The van der Waals surface area contributed by atoms with Gasteiger partial charge >= 0.3 is 6.03 Å². The molecule has 1 fully saturated rings. The maximum absolute atomic E-state index is 12.8. The molecule has 1 aliphatic rings. The number of carbonyl (C=O) groups excluding carboxylic acids is 3. The van der Waals surface area contributed by atoms with Gasteiger partial charge in [0.25, 0.3) is 5.91 Å². The molecule has 0 bridgehead atoms. The number of nitrogens with one attached hydrogen (secondary N) is 3. The lowest BCUT2D eigenvalue weighted by Crippen LogP contribution is -2.45. The van der Waals surface area contributed by atoms with E-state index >= 15 is 0 Å². The number of likely N-dealkylation sites (tertiary alicyclic amines) is 1. The smallest absolute Gasteiger partial charge is 0.321 e. The van der Waals surface area contributed by atoms with Crippen molar-refractivity contribution in [2.45, 2.75) is 12.8 Å². The summed E-state index contributed by atoms with van der Waals surface area (Å²) in [6.07, 6.45) is 1.44. The molecule has 1 saturated heterocycles. The molecule has 0 aromatic heterocycles. The molecule has 0 saturated carbocycles. The molecule has 146 valence electrons. The normalized spacial score (nSPS) is 16.2. The summed E-state index contributed by atoms with van der Waals surface area (Å²) in [7, 11) is 1.55. The van der Waals surface area contributed by atoms with Crippen molar-refractivity contribution in [3.63, 3.8) is 0 Å². The second-order valence-electron chi connectivity index (χ2n) is 6.70. The van der Waals surface area contributed by atoms with Crippen LogP contribution < -0.4 is 16.0 Å². The highest BCUT2D eigenvalue weighted by molar-refractivity contribution is 6.04. The first-order valence-electron chi connectivity index (χ1n) is 9.31. The average Bonchev–Trinajstić information content (AvgIpc) is 2.74. The van der Waals surface area contributed by atoms with Crippen LogP contribution in [-0.2, 0) is 4.79 Å². The first-order chi connectivity index (χ1) is 13.6. The van der Waals surface area contributed by atoms with Crippen LogP contribution in [0.25, 0.3) is 0 Å². The van der Waals surface area contributed by atoms with Crippen molar-refractivity contribution in [3.05, 3.63) is 60.2 Å². The van der Waals surface area contributed by atoms with Crippen molar-refractivity contribution in [1.29, 1.82) is 0 Å². The van der Waals surface area contributed by atoms with Crippen molar-refractivity contribution in [3.8, 4) is 0 Å². The molecular weight excluding hydrogens is 356 g/mol. The minimum absolute atomic E-state index is 0.187. The Kier molecular flexibility index (Phi) is 6.26. The lowest BCUT2D eigenvalue weighted by Gasteiger charge is -2.32. The van der Waals surface area contributed by atoms with Gasteiger partial charge in [0.1, 0.15) is 0 Å². The van der Waals surface area contributed by atoms with Crippen LogP contribution in [0.1, 0.15) is 23.2 Å². The quantitative estimate of drug-likeness (QED) is 0.762. The standard InChI is InChI=1S/C21H24N4O3/c1-22-20(27)17-11-5-6-12-18(17)24-19(26)15-8-7-13-25(14-15)21(28)23-16-9-3-2-4-10-16/h2-6,9-12,15H,7-8,13-14H2,1H3,(H,22,27)(H,23,28)(H,24,26). The van der Waals surface area contributed by atoms with Gasteiger partial charge in [-0.3, -0.25) is 9.59 Å². The highest BCUT2D eigenvalue weighted by atomic mass is 16.2. The number of para-hydroxylation sites is 2. The fourth-order valence-electron chi connectivity index (χ4n) is 3.26. The molecule has 1 aliphatic heterocycles. The fourth-order valence-corrected chi connectivity index (χ4v) is 3.26. The Hall–Kier alpha value is -3.35. The lowest BCUT2D eigenvalue weighted by atomic mass is 9.97. The molecule has 1 atom stereocenters. The maximum Gasteiger partial charge on any atom is 0.321 e. The molecule has 3 rings (SSSR count). The summed E-state index contributed by atoms with van der Waals surface area (Å²) in [5.41, 5.74) is 1.60. The monoisotopic (exact) mass is 380 g/mol. The summed E-state index contributed by atoms with van der Waals surface area (Å²) in [5.74, 6) is -0.773. The molecule has 0 aliphatic carbocycles. The average molecular weight is 380 g/mol. The zero-order chi connectivity index (χ0) is 19.9. The molecule has 0 radical (unpaired) electrons. The number of carbonyl (C=O) groups is 3. The fraction of sp³-hybridized carbons (Fsp3) is 0.286. The molecular formula is C21H24N4O3. The molecule has 2 aromatic rings. The van der Waals surface area contributed by atoms with E-state index in [2.05, 4.69) is 16.0 Å². The number of rotatable bonds is 4. The van der Waals surface area contributed by atoms with E-state index in [9.17, 15) is 14.4 Å². The Balaban J connectivity index is 1.63. The second kappa shape index (κ2) is 9.03. The van der Waals surface area contributed by atoms with Crippen LogP contribution in [0.3, 0.4) is 0 Å². The number of nitrogens with zero attached hydrogens (tertiary/aromatic N) is 1. The third kappa shape index (κ3) is 4.68. The third-order valence-electron chi connectivity index (χ3n) is 4.76. The van der Waals surface area contributed by atoms with Crippen molar-refractivity contribution in [1.82, 2.24) is 10.2 Å². The molecule has 4 amide bonds. The molecule has 1 heterocycles. The Morgan fingerprint density at radius 2 is 1.68 bits per heavy atom. The highest BCUT2D eigenvalue weighted by Gasteiger charge is 2.29. The van der Waals surface area contributed by atoms with Gasteiger partial charge in [0.05, 0.1) is 17.2 Å². The van der Waals surface area contributed by atoms with E-state index in [-0.39, 0.29) is 23.8 Å². The van der Waals surface area contributed by atoms with Gasteiger partial charge in [0, 0.05) is 25.8 Å². The zero-order valence-electron chi connectivity index (χ0n) is 15.8. The summed E-state index contributed by atoms with van der Waals surface area (Å²) in [6, 6.07) is 15.9. The van der Waals surface area contributed by atoms with Gasteiger partial charge < -0.3 is 20.9 Å². The predicted octanol–water partition coefficient (Wildman–Crippen LogP) is 2.93. The summed E-state index contributed by atoms with van der Waals surface area (Å²) in [4.78, 5) is 38.9. The summed E-state index contributed by atoms with van der Waals surface area (Å²) >= 11 is 0. The number of hydrogen-bond acceptors (Lipinski definition) is 3. The Labute approximate surface area is 164 Å². The molecule has 1 unspecified atom stereocenters. The Morgan fingerprint density at radius 3 is 2.43 bits per heavy atom. The van der Waals surface area contributed by atoms with E-state index in [1.54, 1.807) is 36.2 Å². The van der Waals surface area contributed by atoms with Gasteiger partial charge in [-0.15, -0.1) is 0 Å². The topological polar surface area (TPSA) is 90.5 Å². The van der Waals surface area contributed by atoms with Gasteiger partial charge in [-0.1, -0.05) is 30.3 Å². The van der Waals surface area contributed by atoms with E-state index in [1.165, 1.54) is 0 Å². The van der Waals surface area contributed by atoms with Gasteiger partial charge in [-0.2, -0.15) is 0 Å². The highest BCUT2D eigenvalue weighted by Crippen LogP contribution is 2.21. The molecule has 7 heteroatoms. The zero-order valence-corrected chi connectivity index (χ0v) is 15.8. The van der Waals surface area contributed by atoms with Crippen LogP contribution in [0.15, 0.2) is 54.6 Å². The third-order valence-corrected chi connectivity index (χ3v) is 4.76. The second-order valence-corrected chi connectivity index (χ2v) is 6.70. The summed E-state index contributed by atoms with van der Waals surface area (Å²) in [6.45, 7) is 0.948. The summed E-state index contributed by atoms with van der Waals surface area (Å²) in [5, 5.41) is 8.27. The van der Waals surface area contributed by atoms with E-state index in [4.69, 9.17) is 0 Å². The van der Waals surface area contributed by atoms with E-state index < -0.39 is 0 Å². The number of hydrogen-bond donors (Lipinski definition) is 3. The predicted molar refractivity (Wildman–Crippen MR) is 108 cm³/mol. The van der Waals surface area contributed by atoms with Gasteiger partial charge in [0.15, 0.2) is 0 Å². The van der Waals surface area contributed by atoms with Crippen molar-refractivity contribution in [2.75, 3.05) is 30.8 Å². The van der Waals surface area contributed by atoms with Crippen LogP contribution in [-0.4, -0.2) is 42.9 Å². The van der Waals surface area contributed by atoms with E-state index in [0.717, 1.165) is 12.1 Å². The largest absolute Gasteiger partial charge is 0.355 e. The van der Waals surface area contributed by atoms with Crippen LogP contribution in [0.4, 0.5) is 16.2 Å². The first kappa shape index (κ1) is 19.4. The molecule has 28 heavy (non-hydrogen) atoms. The number of urea groups is 1. The van der Waals surface area contributed by atoms with Crippen molar-refractivity contribution >= 4 is 29.2 Å². The maximum atomic E-state index is 12.8. The first-order valence-corrected chi connectivity index (χ1v) is 9.31. The molecule has 2 aromatic carbocycles. The number of anilines is 2. The van der Waals surface area contributed by atoms with Crippen LogP contribution in [0, 0.1) is 5.92 Å². The van der Waals surface area contributed by atoms with Gasteiger partial charge in [-0.05, 0) is 37.1 Å². The van der Waals surface area contributed by atoms with Crippen LogP contribution >= 0.6 is 0 Å². The van der Waals surface area contributed by atoms with Crippen molar-refractivity contribution < 1.29 is 14.4 Å². The SMILES string of the molecule is CNC(=O)c1ccccc1NC(=O)C1CCCN(C(=O)Nc2ccccc2)C1. The minimum atomic E-state index is -0.326. The number of amides is 4. The van der Waals surface area contributed by atoms with Crippen LogP contribution in [0.2, 0.25) is 0 Å². The summed E-state index contributed by atoms with van der Waals surface area (Å²) < 4.78 is 0. The molecule has 0 spiro atoms. The molecule has 3 N–H and O–H groups in total. The van der Waals surface area contributed by atoms with Gasteiger partial charge in [0.2, 0.25) is 5.91 Å². The van der Waals surface area contributed by atoms with Gasteiger partial charge in [-0.25, -0.2) is 4.79 Å². The number of piperidine rings is 1.